The second kappa shape index (κ2) is 12.2. The Balaban J connectivity index is 1.62. The van der Waals surface area contributed by atoms with Crippen LogP contribution in [-0.4, -0.2) is 43.0 Å². The number of carbonyl (C=O) groups excluding carboxylic acids is 3. The number of aryl methyl sites for hydroxylation is 1. The summed E-state index contributed by atoms with van der Waals surface area (Å²) in [5.41, 5.74) is 3.59. The third-order valence-corrected chi connectivity index (χ3v) is 6.56. The van der Waals surface area contributed by atoms with E-state index in [4.69, 9.17) is 9.47 Å². The monoisotopic (exact) mass is 498 g/mol. The summed E-state index contributed by atoms with van der Waals surface area (Å²) < 4.78 is 10.5. The maximum Gasteiger partial charge on any atom is 0.341 e. The molecule has 0 fully saturated rings. The first-order valence-corrected chi connectivity index (χ1v) is 12.6. The third kappa shape index (κ3) is 6.61. The van der Waals surface area contributed by atoms with Gasteiger partial charge in [0.2, 0.25) is 11.8 Å². The van der Waals surface area contributed by atoms with Crippen LogP contribution in [0.1, 0.15) is 22.8 Å². The minimum atomic E-state index is -0.488. The van der Waals surface area contributed by atoms with Crippen molar-refractivity contribution in [2.75, 3.05) is 35.9 Å². The number of benzene rings is 2. The first kappa shape index (κ1) is 25.3. The van der Waals surface area contributed by atoms with Gasteiger partial charge in [-0.05, 0) is 31.5 Å². The summed E-state index contributed by atoms with van der Waals surface area (Å²) in [6, 6.07) is 14.9. The molecule has 3 aromatic rings. The zero-order valence-electron chi connectivity index (χ0n) is 19.2. The molecule has 1 heterocycles. The van der Waals surface area contributed by atoms with Gasteiger partial charge in [0.15, 0.2) is 0 Å². The minimum absolute atomic E-state index is 0.0549. The van der Waals surface area contributed by atoms with Crippen LogP contribution in [0.15, 0.2) is 53.9 Å². The summed E-state index contributed by atoms with van der Waals surface area (Å²) in [7, 11) is 1.53. The Labute approximate surface area is 206 Å². The van der Waals surface area contributed by atoms with E-state index in [0.717, 1.165) is 11.1 Å². The second-order valence-electron chi connectivity index (χ2n) is 7.23. The SMILES string of the molecule is CCOC(=O)c1c(-c2ccc(C)cc2)csc1NC(=O)CSCC(=O)Nc1ccccc1OC. The van der Waals surface area contributed by atoms with Crippen LogP contribution in [0.5, 0.6) is 5.75 Å². The smallest absolute Gasteiger partial charge is 0.341 e. The van der Waals surface area contributed by atoms with Gasteiger partial charge >= 0.3 is 5.97 Å². The van der Waals surface area contributed by atoms with Crippen LogP contribution in [0.4, 0.5) is 10.7 Å². The van der Waals surface area contributed by atoms with Crippen molar-refractivity contribution in [3.63, 3.8) is 0 Å². The van der Waals surface area contributed by atoms with Crippen molar-refractivity contribution >= 4 is 51.6 Å². The van der Waals surface area contributed by atoms with Gasteiger partial charge in [-0.3, -0.25) is 9.59 Å². The van der Waals surface area contributed by atoms with Crippen molar-refractivity contribution in [2.24, 2.45) is 0 Å². The molecule has 9 heteroatoms. The van der Waals surface area contributed by atoms with Gasteiger partial charge in [-0.15, -0.1) is 23.1 Å². The highest BCUT2D eigenvalue weighted by atomic mass is 32.2. The van der Waals surface area contributed by atoms with Gasteiger partial charge in [0.1, 0.15) is 16.3 Å². The fourth-order valence-corrected chi connectivity index (χ4v) is 4.73. The number of carbonyl (C=O) groups is 3. The number of esters is 1. The van der Waals surface area contributed by atoms with Crippen LogP contribution in [0.2, 0.25) is 0 Å². The number of ether oxygens (including phenoxy) is 2. The first-order valence-electron chi connectivity index (χ1n) is 10.6. The first-order chi connectivity index (χ1) is 16.4. The van der Waals surface area contributed by atoms with Gasteiger partial charge in [0.05, 0.1) is 30.9 Å². The van der Waals surface area contributed by atoms with E-state index in [2.05, 4.69) is 10.6 Å². The van der Waals surface area contributed by atoms with Crippen LogP contribution in [0, 0.1) is 6.92 Å². The minimum Gasteiger partial charge on any atom is -0.495 e. The van der Waals surface area contributed by atoms with Crippen molar-refractivity contribution < 1.29 is 23.9 Å². The number of thiophene rings is 1. The molecule has 1 aromatic heterocycles. The lowest BCUT2D eigenvalue weighted by atomic mass is 10.0. The van der Waals surface area contributed by atoms with E-state index in [1.165, 1.54) is 30.2 Å². The number of nitrogens with one attached hydrogen (secondary N) is 2. The largest absolute Gasteiger partial charge is 0.495 e. The third-order valence-electron chi connectivity index (χ3n) is 4.73. The van der Waals surface area contributed by atoms with Crippen molar-refractivity contribution in [3.05, 3.63) is 65.0 Å². The van der Waals surface area contributed by atoms with Crippen molar-refractivity contribution in [1.29, 1.82) is 0 Å². The van der Waals surface area contributed by atoms with Gasteiger partial charge < -0.3 is 20.1 Å². The summed E-state index contributed by atoms with van der Waals surface area (Å²) in [6.07, 6.45) is 0. The quantitative estimate of drug-likeness (QED) is 0.372. The van der Waals surface area contributed by atoms with Crippen molar-refractivity contribution in [3.8, 4) is 16.9 Å². The molecule has 0 saturated heterocycles. The normalized spacial score (nSPS) is 10.4. The number of amides is 2. The van der Waals surface area contributed by atoms with Crippen LogP contribution in [-0.2, 0) is 14.3 Å². The molecule has 0 saturated carbocycles. The maximum atomic E-state index is 12.7. The Hall–Kier alpha value is -3.30. The summed E-state index contributed by atoms with van der Waals surface area (Å²) >= 11 is 2.44. The molecule has 2 N–H and O–H groups in total. The Morgan fingerprint density at radius 1 is 0.971 bits per heavy atom. The van der Waals surface area contributed by atoms with E-state index in [1.807, 2.05) is 42.6 Å². The molecule has 2 aromatic carbocycles. The summed E-state index contributed by atoms with van der Waals surface area (Å²) in [5, 5.41) is 7.83. The summed E-state index contributed by atoms with van der Waals surface area (Å²) in [5.74, 6) is -0.329. The predicted molar refractivity (Wildman–Crippen MR) is 138 cm³/mol. The fourth-order valence-electron chi connectivity index (χ4n) is 3.13. The number of methoxy groups -OCH3 is 1. The van der Waals surface area contributed by atoms with Gasteiger partial charge in [-0.2, -0.15) is 0 Å². The highest BCUT2D eigenvalue weighted by molar-refractivity contribution is 8.00. The average Bonchev–Trinajstić information content (AvgIpc) is 3.23. The van der Waals surface area contributed by atoms with Crippen molar-refractivity contribution in [1.82, 2.24) is 0 Å². The number of anilines is 2. The number of rotatable bonds is 10. The molecule has 0 unspecified atom stereocenters. The van der Waals surface area contributed by atoms with Gasteiger partial charge in [0, 0.05) is 10.9 Å². The highest BCUT2D eigenvalue weighted by Crippen LogP contribution is 2.36. The molecular weight excluding hydrogens is 472 g/mol. The van der Waals surface area contributed by atoms with E-state index in [9.17, 15) is 14.4 Å². The van der Waals surface area contributed by atoms with Gasteiger partial charge in [0.25, 0.3) is 0 Å². The highest BCUT2D eigenvalue weighted by Gasteiger charge is 2.23. The molecule has 2 amide bonds. The van der Waals surface area contributed by atoms with Crippen LogP contribution >= 0.6 is 23.1 Å². The number of hydrogen-bond donors (Lipinski definition) is 2. The molecule has 7 nitrogen and oxygen atoms in total. The lowest BCUT2D eigenvalue weighted by molar-refractivity contribution is -0.114. The molecule has 0 aliphatic heterocycles. The molecule has 178 valence electrons. The lowest BCUT2D eigenvalue weighted by Gasteiger charge is -2.10. The Kier molecular flexibility index (Phi) is 9.12. The fraction of sp³-hybridized carbons (Fsp3) is 0.240. The number of thioether (sulfide) groups is 1. The predicted octanol–water partition coefficient (Wildman–Crippen LogP) is 5.22. The Morgan fingerprint density at radius 2 is 1.65 bits per heavy atom. The standard InChI is InChI=1S/C25H26N2O5S2/c1-4-32-25(30)23-18(17-11-9-16(2)10-12-17)13-34-24(23)27-22(29)15-33-14-21(28)26-19-7-5-6-8-20(19)31-3/h5-13H,4,14-15H2,1-3H3,(H,26,28)(H,27,29). The zero-order valence-corrected chi connectivity index (χ0v) is 20.8. The number of para-hydroxylation sites is 2. The molecular formula is C25H26N2O5S2. The van der Waals surface area contributed by atoms with Crippen LogP contribution in [0.25, 0.3) is 11.1 Å². The van der Waals surface area contributed by atoms with Crippen LogP contribution in [0.3, 0.4) is 0 Å². The van der Waals surface area contributed by atoms with Crippen LogP contribution < -0.4 is 15.4 Å². The second-order valence-corrected chi connectivity index (χ2v) is 9.09. The molecule has 0 atom stereocenters. The molecule has 34 heavy (non-hydrogen) atoms. The van der Waals surface area contributed by atoms with E-state index in [1.54, 1.807) is 25.1 Å². The van der Waals surface area contributed by atoms with E-state index in [-0.39, 0.29) is 29.9 Å². The number of hydrogen-bond acceptors (Lipinski definition) is 7. The molecule has 0 spiro atoms. The molecule has 0 radical (unpaired) electrons. The zero-order chi connectivity index (χ0) is 24.5. The molecule has 0 aliphatic rings. The molecule has 3 rings (SSSR count). The van der Waals surface area contributed by atoms with Crippen molar-refractivity contribution in [2.45, 2.75) is 13.8 Å². The topological polar surface area (TPSA) is 93.7 Å². The summed E-state index contributed by atoms with van der Waals surface area (Å²) in [4.78, 5) is 37.5. The lowest BCUT2D eigenvalue weighted by Crippen LogP contribution is -2.19. The average molecular weight is 499 g/mol. The molecule has 0 bridgehead atoms. The van der Waals surface area contributed by atoms with E-state index < -0.39 is 5.97 Å². The van der Waals surface area contributed by atoms with Gasteiger partial charge in [-0.25, -0.2) is 4.79 Å². The van der Waals surface area contributed by atoms with E-state index in [0.29, 0.717) is 27.6 Å². The Morgan fingerprint density at radius 3 is 2.32 bits per heavy atom. The molecule has 0 aliphatic carbocycles. The van der Waals surface area contributed by atoms with Gasteiger partial charge in [-0.1, -0.05) is 42.0 Å². The summed E-state index contributed by atoms with van der Waals surface area (Å²) in [6.45, 7) is 3.96. The van der Waals surface area contributed by atoms with E-state index >= 15 is 0 Å². The maximum absolute atomic E-state index is 12.7. The Bertz CT molecular complexity index is 1160.